The van der Waals surface area contributed by atoms with Crippen molar-refractivity contribution in [2.75, 3.05) is 20.2 Å². The fourth-order valence-corrected chi connectivity index (χ4v) is 3.26. The molecule has 7 heteroatoms. The van der Waals surface area contributed by atoms with Gasteiger partial charge in [-0.1, -0.05) is 0 Å². The third kappa shape index (κ3) is 3.75. The van der Waals surface area contributed by atoms with E-state index < -0.39 is 9.05 Å². The largest absolute Gasteiger partial charge is 0.377 e. The summed E-state index contributed by atoms with van der Waals surface area (Å²) in [5.41, 5.74) is 0.118. The smallest absolute Gasteiger partial charge is 0.261 e. The highest BCUT2D eigenvalue weighted by molar-refractivity contribution is 8.13. The van der Waals surface area contributed by atoms with Crippen molar-refractivity contribution >= 4 is 25.6 Å². The Morgan fingerprint density at radius 2 is 1.95 bits per heavy atom. The average molecular weight is 332 g/mol. The van der Waals surface area contributed by atoms with Crippen molar-refractivity contribution in [3.8, 4) is 0 Å². The molecule has 1 aromatic carbocycles. The van der Waals surface area contributed by atoms with E-state index in [9.17, 15) is 13.2 Å². The van der Waals surface area contributed by atoms with Crippen LogP contribution in [0.3, 0.4) is 0 Å². The minimum Gasteiger partial charge on any atom is -0.377 e. The number of ether oxygens (including phenoxy) is 1. The highest BCUT2D eigenvalue weighted by Gasteiger charge is 2.33. The maximum atomic E-state index is 12.5. The van der Waals surface area contributed by atoms with Crippen LogP contribution in [-0.2, 0) is 13.8 Å². The maximum absolute atomic E-state index is 12.5. The molecular weight excluding hydrogens is 314 g/mol. The van der Waals surface area contributed by atoms with E-state index in [0.717, 1.165) is 12.8 Å². The predicted molar refractivity (Wildman–Crippen MR) is 80.0 cm³/mol. The van der Waals surface area contributed by atoms with Crippen molar-refractivity contribution in [1.82, 2.24) is 4.90 Å². The van der Waals surface area contributed by atoms with Gasteiger partial charge in [0.2, 0.25) is 0 Å². The molecule has 1 amide bonds. The first-order valence-corrected chi connectivity index (χ1v) is 8.95. The lowest BCUT2D eigenvalue weighted by atomic mass is 9.94. The number of carbonyl (C=O) groups is 1. The van der Waals surface area contributed by atoms with Gasteiger partial charge in [0, 0.05) is 36.4 Å². The minimum absolute atomic E-state index is 0.0129. The second-order valence-corrected chi connectivity index (χ2v) is 8.01. The summed E-state index contributed by atoms with van der Waals surface area (Å²) in [6.45, 7) is 3.18. The molecule has 1 atom stereocenters. The van der Waals surface area contributed by atoms with E-state index >= 15 is 0 Å². The Labute approximate surface area is 129 Å². The van der Waals surface area contributed by atoms with Gasteiger partial charge in [-0.15, -0.1) is 0 Å². The Balaban J connectivity index is 2.17. The zero-order valence-corrected chi connectivity index (χ0v) is 13.6. The van der Waals surface area contributed by atoms with E-state index in [1.54, 1.807) is 12.0 Å². The molecule has 1 aliphatic rings. The third-order valence-corrected chi connectivity index (χ3v) is 5.19. The minimum atomic E-state index is -3.77. The van der Waals surface area contributed by atoms with Gasteiger partial charge in [0.25, 0.3) is 15.0 Å². The number of likely N-dealkylation sites (tertiary alicyclic amines) is 1. The van der Waals surface area contributed by atoms with E-state index in [1.807, 2.05) is 6.92 Å². The molecule has 116 valence electrons. The summed E-state index contributed by atoms with van der Waals surface area (Å²) < 4.78 is 27.9. The first-order valence-electron chi connectivity index (χ1n) is 6.64. The topological polar surface area (TPSA) is 63.7 Å². The molecule has 5 nitrogen and oxygen atoms in total. The van der Waals surface area contributed by atoms with Crippen LogP contribution in [-0.4, -0.2) is 45.0 Å². The molecule has 0 aromatic heterocycles. The molecule has 1 unspecified atom stereocenters. The van der Waals surface area contributed by atoms with E-state index in [0.29, 0.717) is 18.7 Å². The summed E-state index contributed by atoms with van der Waals surface area (Å²) in [7, 11) is 3.14. The summed E-state index contributed by atoms with van der Waals surface area (Å²) in [5, 5.41) is 0. The number of piperidine rings is 1. The number of rotatable bonds is 3. The monoisotopic (exact) mass is 331 g/mol. The van der Waals surface area contributed by atoms with Gasteiger partial charge < -0.3 is 9.64 Å². The number of amides is 1. The number of halogens is 1. The van der Waals surface area contributed by atoms with Crippen LogP contribution in [0.1, 0.15) is 30.1 Å². The molecule has 0 aliphatic carbocycles. The van der Waals surface area contributed by atoms with E-state index in [1.165, 1.54) is 24.3 Å². The Bertz CT molecular complexity index is 629. The molecule has 0 radical (unpaired) electrons. The molecule has 0 bridgehead atoms. The van der Waals surface area contributed by atoms with E-state index in [4.69, 9.17) is 15.4 Å². The second-order valence-electron chi connectivity index (χ2n) is 5.45. The molecular formula is C14H18ClNO4S. The molecule has 1 heterocycles. The van der Waals surface area contributed by atoms with Gasteiger partial charge in [-0.3, -0.25) is 4.79 Å². The Morgan fingerprint density at radius 1 is 1.33 bits per heavy atom. The molecule has 1 aromatic rings. The lowest BCUT2D eigenvalue weighted by Gasteiger charge is -2.39. The van der Waals surface area contributed by atoms with Crippen LogP contribution in [0.25, 0.3) is 0 Å². The SMILES string of the molecule is COC1(C)CCCN(C(=O)c2ccc(S(=O)(=O)Cl)cc2)C1. The van der Waals surface area contributed by atoms with Crippen LogP contribution in [0.15, 0.2) is 29.2 Å². The van der Waals surface area contributed by atoms with Gasteiger partial charge in [0.15, 0.2) is 0 Å². The maximum Gasteiger partial charge on any atom is 0.261 e. The van der Waals surface area contributed by atoms with E-state index in [-0.39, 0.29) is 16.4 Å². The number of benzene rings is 1. The fraction of sp³-hybridized carbons (Fsp3) is 0.500. The van der Waals surface area contributed by atoms with Gasteiger partial charge in [-0.2, -0.15) is 0 Å². The quantitative estimate of drug-likeness (QED) is 0.797. The Hall–Kier alpha value is -1.11. The molecule has 0 saturated carbocycles. The van der Waals surface area contributed by atoms with Gasteiger partial charge >= 0.3 is 0 Å². The summed E-state index contributed by atoms with van der Waals surface area (Å²) in [4.78, 5) is 14.2. The molecule has 1 aliphatic heterocycles. The highest BCUT2D eigenvalue weighted by atomic mass is 35.7. The van der Waals surface area contributed by atoms with Crippen molar-refractivity contribution < 1.29 is 17.9 Å². The zero-order valence-electron chi connectivity index (χ0n) is 12.0. The molecule has 1 fully saturated rings. The lowest BCUT2D eigenvalue weighted by molar-refractivity contribution is -0.0440. The van der Waals surface area contributed by atoms with Crippen molar-refractivity contribution in [3.05, 3.63) is 29.8 Å². The van der Waals surface area contributed by atoms with Crippen molar-refractivity contribution in [2.45, 2.75) is 30.3 Å². The van der Waals surface area contributed by atoms with Crippen LogP contribution in [0.5, 0.6) is 0 Å². The number of hydrogen-bond acceptors (Lipinski definition) is 4. The average Bonchev–Trinajstić information content (AvgIpc) is 2.46. The van der Waals surface area contributed by atoms with Crippen LogP contribution >= 0.6 is 10.7 Å². The Kier molecular flexibility index (Phi) is 4.60. The third-order valence-electron chi connectivity index (χ3n) is 3.82. The van der Waals surface area contributed by atoms with Crippen molar-refractivity contribution in [1.29, 1.82) is 0 Å². The molecule has 1 saturated heterocycles. The number of methoxy groups -OCH3 is 1. The molecule has 21 heavy (non-hydrogen) atoms. The summed E-state index contributed by atoms with van der Waals surface area (Å²) in [5.74, 6) is -0.128. The number of hydrogen-bond donors (Lipinski definition) is 0. The van der Waals surface area contributed by atoms with Crippen LogP contribution in [0, 0.1) is 0 Å². The number of carbonyl (C=O) groups excluding carboxylic acids is 1. The van der Waals surface area contributed by atoms with Gasteiger partial charge in [0.05, 0.1) is 10.5 Å². The molecule has 2 rings (SSSR count). The van der Waals surface area contributed by atoms with Crippen molar-refractivity contribution in [2.24, 2.45) is 0 Å². The number of nitrogens with zero attached hydrogens (tertiary/aromatic N) is 1. The van der Waals surface area contributed by atoms with Gasteiger partial charge in [-0.25, -0.2) is 8.42 Å². The van der Waals surface area contributed by atoms with Gasteiger partial charge in [0.1, 0.15) is 0 Å². The van der Waals surface area contributed by atoms with Crippen LogP contribution in [0.4, 0.5) is 0 Å². The summed E-state index contributed by atoms with van der Waals surface area (Å²) in [6, 6.07) is 5.65. The van der Waals surface area contributed by atoms with Crippen LogP contribution in [0.2, 0.25) is 0 Å². The van der Waals surface area contributed by atoms with Crippen molar-refractivity contribution in [3.63, 3.8) is 0 Å². The standard InChI is InChI=1S/C14H18ClNO4S/c1-14(20-2)8-3-9-16(10-14)13(17)11-4-6-12(7-5-11)21(15,18)19/h4-7H,3,8-10H2,1-2H3. The first-order chi connectivity index (χ1) is 9.75. The summed E-state index contributed by atoms with van der Waals surface area (Å²) in [6.07, 6.45) is 1.79. The second kappa shape index (κ2) is 5.94. The van der Waals surface area contributed by atoms with E-state index in [2.05, 4.69) is 0 Å². The van der Waals surface area contributed by atoms with Gasteiger partial charge in [-0.05, 0) is 44.0 Å². The molecule has 0 spiro atoms. The highest BCUT2D eigenvalue weighted by Crippen LogP contribution is 2.25. The summed E-state index contributed by atoms with van der Waals surface area (Å²) >= 11 is 0. The lowest BCUT2D eigenvalue weighted by Crippen LogP contribution is -2.49. The first kappa shape index (κ1) is 16.3. The van der Waals surface area contributed by atoms with Crippen LogP contribution < -0.4 is 0 Å². The predicted octanol–water partition coefficient (Wildman–Crippen LogP) is 2.26. The Morgan fingerprint density at radius 3 is 2.48 bits per heavy atom. The zero-order chi connectivity index (χ0) is 15.7. The molecule has 0 N–H and O–H groups in total. The normalized spacial score (nSPS) is 23.1. The fourth-order valence-electron chi connectivity index (χ4n) is 2.49.